The standard InChI is InChI=1S/C34H48N2O3S/c1-4-5-6-7-8-9-10-11-12-13-14-15-23-39-34-30(17-16-18-32(34)38-3)24-33(37)35-31-21-19-29(20-22-31)26-36-25-28(2)40-27-36/h16-22,25,27H,4-15,23-24,26H2,1-3H3/p+1. The molecular formula is C34H49N2O3S+. The van der Waals surface area contributed by atoms with E-state index in [4.69, 9.17) is 9.47 Å². The summed E-state index contributed by atoms with van der Waals surface area (Å²) in [5.74, 6) is 1.29. The quantitative estimate of drug-likeness (QED) is 0.110. The number of unbranched alkanes of at least 4 members (excludes halogenated alkanes) is 11. The van der Waals surface area contributed by atoms with Gasteiger partial charge in [-0.15, -0.1) is 0 Å². The van der Waals surface area contributed by atoms with Gasteiger partial charge < -0.3 is 14.8 Å². The molecule has 0 radical (unpaired) electrons. The molecule has 218 valence electrons. The van der Waals surface area contributed by atoms with Crippen LogP contribution in [0.5, 0.6) is 11.5 Å². The molecule has 0 aliphatic rings. The second-order valence-corrected chi connectivity index (χ2v) is 11.8. The molecule has 0 bridgehead atoms. The lowest BCUT2D eigenvalue weighted by molar-refractivity contribution is -0.683. The van der Waals surface area contributed by atoms with Gasteiger partial charge in [-0.3, -0.25) is 4.79 Å². The number of anilines is 1. The van der Waals surface area contributed by atoms with Gasteiger partial charge in [0.05, 0.1) is 25.0 Å². The molecule has 0 aliphatic carbocycles. The average molecular weight is 566 g/mol. The Bertz CT molecular complexity index is 1130. The second-order valence-electron chi connectivity index (χ2n) is 10.7. The summed E-state index contributed by atoms with van der Waals surface area (Å²) in [5.41, 5.74) is 4.96. The largest absolute Gasteiger partial charge is 0.493 e. The first-order valence-electron chi connectivity index (χ1n) is 15.2. The zero-order valence-corrected chi connectivity index (χ0v) is 25.7. The molecule has 6 heteroatoms. The highest BCUT2D eigenvalue weighted by Crippen LogP contribution is 2.32. The third-order valence-corrected chi connectivity index (χ3v) is 8.05. The Hall–Kier alpha value is -2.86. The van der Waals surface area contributed by atoms with Gasteiger partial charge in [-0.05, 0) is 31.5 Å². The van der Waals surface area contributed by atoms with E-state index in [1.165, 1.54) is 81.1 Å². The molecule has 0 aliphatic heterocycles. The Morgan fingerprint density at radius 2 is 1.52 bits per heavy atom. The van der Waals surface area contributed by atoms with Crippen molar-refractivity contribution in [3.63, 3.8) is 0 Å². The number of aromatic nitrogens is 1. The molecule has 5 nitrogen and oxygen atoms in total. The minimum atomic E-state index is -0.0703. The van der Waals surface area contributed by atoms with E-state index in [2.05, 4.69) is 47.6 Å². The first-order chi connectivity index (χ1) is 19.6. The van der Waals surface area contributed by atoms with Crippen LogP contribution in [0.25, 0.3) is 0 Å². The summed E-state index contributed by atoms with van der Waals surface area (Å²) in [7, 11) is 1.65. The van der Waals surface area contributed by atoms with E-state index in [1.807, 2.05) is 30.3 Å². The molecule has 0 atom stereocenters. The van der Waals surface area contributed by atoms with Crippen molar-refractivity contribution in [3.8, 4) is 11.5 Å². The number of benzene rings is 2. The van der Waals surface area contributed by atoms with Gasteiger partial charge in [0.25, 0.3) is 0 Å². The van der Waals surface area contributed by atoms with Gasteiger partial charge in [0.1, 0.15) is 0 Å². The molecule has 0 saturated carbocycles. The van der Waals surface area contributed by atoms with Crippen molar-refractivity contribution in [2.45, 2.75) is 104 Å². The molecule has 1 aromatic heterocycles. The van der Waals surface area contributed by atoms with Crippen LogP contribution < -0.4 is 19.4 Å². The van der Waals surface area contributed by atoms with Gasteiger partial charge in [0, 0.05) is 16.8 Å². The van der Waals surface area contributed by atoms with Crippen molar-refractivity contribution in [1.82, 2.24) is 0 Å². The summed E-state index contributed by atoms with van der Waals surface area (Å²) < 4.78 is 13.9. The number of methoxy groups -OCH3 is 1. The van der Waals surface area contributed by atoms with E-state index in [-0.39, 0.29) is 12.3 Å². The maximum atomic E-state index is 12.9. The minimum Gasteiger partial charge on any atom is -0.493 e. The van der Waals surface area contributed by atoms with E-state index < -0.39 is 0 Å². The summed E-state index contributed by atoms with van der Waals surface area (Å²) in [6.45, 7) is 5.84. The number of rotatable bonds is 20. The highest BCUT2D eigenvalue weighted by molar-refractivity contribution is 7.09. The number of carbonyl (C=O) groups is 1. The number of thiazole rings is 1. The molecule has 0 saturated heterocycles. The number of para-hydroxylation sites is 1. The Balaban J connectivity index is 1.38. The third-order valence-electron chi connectivity index (χ3n) is 7.20. The van der Waals surface area contributed by atoms with Crippen molar-refractivity contribution >= 4 is 22.9 Å². The van der Waals surface area contributed by atoms with Crippen LogP contribution >= 0.6 is 11.3 Å². The van der Waals surface area contributed by atoms with Crippen LogP contribution in [0.15, 0.2) is 54.2 Å². The van der Waals surface area contributed by atoms with E-state index in [9.17, 15) is 4.79 Å². The zero-order chi connectivity index (χ0) is 28.4. The van der Waals surface area contributed by atoms with Crippen LogP contribution in [0.1, 0.15) is 100.0 Å². The van der Waals surface area contributed by atoms with Crippen LogP contribution in [0.3, 0.4) is 0 Å². The number of carbonyl (C=O) groups excluding carboxylic acids is 1. The SMILES string of the molecule is CCCCCCCCCCCCCCOc1c(CC(=O)Nc2ccc(C[n+]3csc(C)c3)cc2)cccc1OC. The minimum absolute atomic E-state index is 0.0703. The zero-order valence-electron chi connectivity index (χ0n) is 24.9. The lowest BCUT2D eigenvalue weighted by Gasteiger charge is -2.15. The third kappa shape index (κ3) is 11.7. The maximum absolute atomic E-state index is 12.9. The summed E-state index contributed by atoms with van der Waals surface area (Å²) in [5, 5.41) is 3.03. The number of nitrogens with zero attached hydrogens (tertiary/aromatic N) is 1. The Morgan fingerprint density at radius 3 is 2.12 bits per heavy atom. The number of hydrogen-bond donors (Lipinski definition) is 1. The van der Waals surface area contributed by atoms with Gasteiger partial charge in [0.15, 0.2) is 24.2 Å². The summed E-state index contributed by atoms with van der Waals surface area (Å²) in [6.07, 6.45) is 18.1. The molecule has 3 rings (SSSR count). The van der Waals surface area contributed by atoms with Gasteiger partial charge in [-0.1, -0.05) is 113 Å². The molecule has 0 fully saturated rings. The maximum Gasteiger partial charge on any atom is 0.228 e. The predicted molar refractivity (Wildman–Crippen MR) is 167 cm³/mol. The molecule has 0 unspecified atom stereocenters. The Morgan fingerprint density at radius 1 is 0.875 bits per heavy atom. The van der Waals surface area contributed by atoms with Crippen LogP contribution in [0.2, 0.25) is 0 Å². The molecule has 1 heterocycles. The second kappa shape index (κ2) is 18.5. The number of nitrogens with one attached hydrogen (secondary N) is 1. The van der Waals surface area contributed by atoms with Crippen LogP contribution in [-0.4, -0.2) is 19.6 Å². The van der Waals surface area contributed by atoms with E-state index in [0.717, 1.165) is 24.2 Å². The highest BCUT2D eigenvalue weighted by atomic mass is 32.1. The molecule has 40 heavy (non-hydrogen) atoms. The van der Waals surface area contributed by atoms with Crippen LogP contribution in [-0.2, 0) is 17.8 Å². The first kappa shape index (κ1) is 31.7. The van der Waals surface area contributed by atoms with E-state index in [1.54, 1.807) is 18.4 Å². The van der Waals surface area contributed by atoms with Crippen molar-refractivity contribution in [2.24, 2.45) is 0 Å². The van der Waals surface area contributed by atoms with Gasteiger partial charge in [-0.2, -0.15) is 4.57 Å². The monoisotopic (exact) mass is 565 g/mol. The fourth-order valence-electron chi connectivity index (χ4n) is 4.95. The van der Waals surface area contributed by atoms with Crippen molar-refractivity contribution < 1.29 is 18.8 Å². The summed E-state index contributed by atoms with van der Waals surface area (Å²) >= 11 is 1.74. The molecule has 3 aromatic rings. The number of aryl methyl sites for hydroxylation is 1. The molecular weight excluding hydrogens is 516 g/mol. The Labute approximate surface area is 245 Å². The fourth-order valence-corrected chi connectivity index (χ4v) is 5.59. The first-order valence-corrected chi connectivity index (χ1v) is 16.1. The van der Waals surface area contributed by atoms with Crippen molar-refractivity contribution in [1.29, 1.82) is 0 Å². The van der Waals surface area contributed by atoms with Gasteiger partial charge in [-0.25, -0.2) is 0 Å². The molecule has 0 spiro atoms. The number of hydrogen-bond acceptors (Lipinski definition) is 4. The molecule has 1 amide bonds. The van der Waals surface area contributed by atoms with Crippen molar-refractivity contribution in [2.75, 3.05) is 19.0 Å². The van der Waals surface area contributed by atoms with Crippen molar-refractivity contribution in [3.05, 3.63) is 70.2 Å². The van der Waals surface area contributed by atoms with Gasteiger partial charge in [0.2, 0.25) is 11.4 Å². The normalized spacial score (nSPS) is 11.0. The topological polar surface area (TPSA) is 51.4 Å². The highest BCUT2D eigenvalue weighted by Gasteiger charge is 2.15. The van der Waals surface area contributed by atoms with E-state index >= 15 is 0 Å². The number of ether oxygens (including phenoxy) is 2. The smallest absolute Gasteiger partial charge is 0.228 e. The summed E-state index contributed by atoms with van der Waals surface area (Å²) in [6, 6.07) is 13.8. The Kier molecular flexibility index (Phi) is 14.6. The molecule has 2 aromatic carbocycles. The number of amides is 1. The van der Waals surface area contributed by atoms with Gasteiger partial charge >= 0.3 is 0 Å². The van der Waals surface area contributed by atoms with Crippen LogP contribution in [0, 0.1) is 6.92 Å². The van der Waals surface area contributed by atoms with E-state index in [0.29, 0.717) is 18.1 Å². The lowest BCUT2D eigenvalue weighted by Crippen LogP contribution is -2.30. The fraction of sp³-hybridized carbons (Fsp3) is 0.529. The average Bonchev–Trinajstić information content (AvgIpc) is 3.37. The molecule has 1 N–H and O–H groups in total. The lowest BCUT2D eigenvalue weighted by atomic mass is 10.1. The predicted octanol–water partition coefficient (Wildman–Crippen LogP) is 8.66. The van der Waals surface area contributed by atoms with Crippen LogP contribution in [0.4, 0.5) is 5.69 Å². The summed E-state index contributed by atoms with van der Waals surface area (Å²) in [4.78, 5) is 14.2.